The number of primary amides is 1. The molecule has 172 valence electrons. The number of carboxylic acid groups (broad SMARTS) is 1. The van der Waals surface area contributed by atoms with Gasteiger partial charge in [-0.1, -0.05) is 36.9 Å². The van der Waals surface area contributed by atoms with Crippen molar-refractivity contribution >= 4 is 29.6 Å². The number of amides is 4. The van der Waals surface area contributed by atoms with Crippen molar-refractivity contribution in [2.45, 2.75) is 44.3 Å². The maximum Gasteiger partial charge on any atom is 0.326 e. The molecule has 1 aliphatic rings. The number of nitrogens with two attached hydrogens (primary N) is 1. The van der Waals surface area contributed by atoms with Gasteiger partial charge in [0.1, 0.15) is 18.1 Å². The van der Waals surface area contributed by atoms with Gasteiger partial charge in [0.15, 0.2) is 0 Å². The van der Waals surface area contributed by atoms with E-state index < -0.39 is 41.8 Å². The standard InChI is InChI=1S/C22H28N4O6/c1-3-19(28)25-11-12-26(21(30)14(25)2)17(13-15-7-5-4-6-8-15)20(29)24-16(22(31)32)9-10-18(23)27/h3-8,14,16-17H,1,9-13H2,2H3,(H2,23,27)(H,24,29)(H,31,32)/t14-,16-,17-/m0/s1. The number of carboxylic acids is 1. The van der Waals surface area contributed by atoms with Gasteiger partial charge in [0.25, 0.3) is 0 Å². The van der Waals surface area contributed by atoms with Gasteiger partial charge in [0.2, 0.25) is 23.6 Å². The van der Waals surface area contributed by atoms with E-state index in [9.17, 15) is 29.1 Å². The molecule has 1 aromatic rings. The second-order valence-corrected chi connectivity index (χ2v) is 7.55. The zero-order valence-electron chi connectivity index (χ0n) is 17.9. The minimum Gasteiger partial charge on any atom is -0.480 e. The second-order valence-electron chi connectivity index (χ2n) is 7.55. The minimum atomic E-state index is -1.33. The lowest BCUT2D eigenvalue weighted by molar-refractivity contribution is -0.154. The molecule has 0 spiro atoms. The van der Waals surface area contributed by atoms with Crippen molar-refractivity contribution in [3.8, 4) is 0 Å². The normalized spacial score (nSPS) is 17.9. The minimum absolute atomic E-state index is 0.104. The van der Waals surface area contributed by atoms with E-state index in [0.29, 0.717) is 0 Å². The molecule has 0 unspecified atom stereocenters. The fourth-order valence-corrected chi connectivity index (χ4v) is 3.61. The first kappa shape index (κ1) is 24.6. The van der Waals surface area contributed by atoms with Gasteiger partial charge in [0.05, 0.1) is 0 Å². The van der Waals surface area contributed by atoms with E-state index in [-0.39, 0.29) is 38.3 Å². The molecule has 10 nitrogen and oxygen atoms in total. The van der Waals surface area contributed by atoms with Crippen LogP contribution in [0.15, 0.2) is 43.0 Å². The Hall–Kier alpha value is -3.69. The van der Waals surface area contributed by atoms with Gasteiger partial charge in [-0.05, 0) is 25.0 Å². The number of nitrogens with one attached hydrogen (secondary N) is 1. The van der Waals surface area contributed by atoms with E-state index >= 15 is 0 Å². The summed E-state index contributed by atoms with van der Waals surface area (Å²) in [6, 6.07) is 5.88. The Morgan fingerprint density at radius 1 is 1.25 bits per heavy atom. The van der Waals surface area contributed by atoms with Crippen LogP contribution in [0.1, 0.15) is 25.3 Å². The Morgan fingerprint density at radius 3 is 2.47 bits per heavy atom. The molecule has 10 heteroatoms. The van der Waals surface area contributed by atoms with Crippen LogP contribution >= 0.6 is 0 Å². The van der Waals surface area contributed by atoms with Crippen molar-refractivity contribution in [2.24, 2.45) is 5.73 Å². The van der Waals surface area contributed by atoms with Crippen molar-refractivity contribution in [1.82, 2.24) is 15.1 Å². The van der Waals surface area contributed by atoms with Crippen LogP contribution in [-0.4, -0.2) is 75.7 Å². The van der Waals surface area contributed by atoms with E-state index in [0.717, 1.165) is 11.6 Å². The zero-order chi connectivity index (χ0) is 23.8. The molecule has 0 aromatic heterocycles. The number of carbonyl (C=O) groups excluding carboxylic acids is 4. The van der Waals surface area contributed by atoms with Gasteiger partial charge < -0.3 is 26.0 Å². The largest absolute Gasteiger partial charge is 0.480 e. The summed E-state index contributed by atoms with van der Waals surface area (Å²) in [7, 11) is 0. The molecule has 0 aliphatic carbocycles. The number of piperazine rings is 1. The van der Waals surface area contributed by atoms with E-state index in [2.05, 4.69) is 11.9 Å². The summed E-state index contributed by atoms with van der Waals surface area (Å²) in [5.74, 6) is -3.45. The van der Waals surface area contributed by atoms with Gasteiger partial charge in [-0.3, -0.25) is 19.2 Å². The molecule has 1 fully saturated rings. The molecule has 3 atom stereocenters. The molecule has 0 radical (unpaired) electrons. The van der Waals surface area contributed by atoms with Gasteiger partial charge in [-0.25, -0.2) is 4.79 Å². The maximum atomic E-state index is 13.1. The van der Waals surface area contributed by atoms with Gasteiger partial charge in [-0.15, -0.1) is 0 Å². The molecule has 4 amide bonds. The van der Waals surface area contributed by atoms with Crippen LogP contribution in [0.3, 0.4) is 0 Å². The third-order valence-electron chi connectivity index (χ3n) is 5.39. The Kier molecular flexibility index (Phi) is 8.51. The highest BCUT2D eigenvalue weighted by atomic mass is 16.4. The number of rotatable bonds is 10. The van der Waals surface area contributed by atoms with Crippen LogP contribution < -0.4 is 11.1 Å². The summed E-state index contributed by atoms with van der Waals surface area (Å²) in [6.45, 7) is 5.33. The lowest BCUT2D eigenvalue weighted by Gasteiger charge is -2.42. The molecule has 1 saturated heterocycles. The SMILES string of the molecule is C=CC(=O)N1CCN([C@@H](Cc2ccccc2)C(=O)N[C@@H](CCC(N)=O)C(=O)O)C(=O)[C@@H]1C. The lowest BCUT2D eigenvalue weighted by atomic mass is 10.0. The molecule has 2 rings (SSSR count). The number of carbonyl (C=O) groups is 5. The highest BCUT2D eigenvalue weighted by Gasteiger charge is 2.40. The Morgan fingerprint density at radius 2 is 1.91 bits per heavy atom. The number of nitrogens with zero attached hydrogens (tertiary/aromatic N) is 2. The summed E-state index contributed by atoms with van der Waals surface area (Å²) in [5.41, 5.74) is 5.88. The topological polar surface area (TPSA) is 150 Å². The predicted octanol–water partition coefficient (Wildman–Crippen LogP) is -0.322. The van der Waals surface area contributed by atoms with Crippen LogP contribution in [0, 0.1) is 0 Å². The van der Waals surface area contributed by atoms with Crippen LogP contribution in [-0.2, 0) is 30.4 Å². The fourth-order valence-electron chi connectivity index (χ4n) is 3.61. The highest BCUT2D eigenvalue weighted by molar-refractivity contribution is 5.96. The monoisotopic (exact) mass is 444 g/mol. The van der Waals surface area contributed by atoms with Crippen LogP contribution in [0.2, 0.25) is 0 Å². The molecule has 0 bridgehead atoms. The van der Waals surface area contributed by atoms with Crippen molar-refractivity contribution in [3.63, 3.8) is 0 Å². The van der Waals surface area contributed by atoms with Crippen LogP contribution in [0.25, 0.3) is 0 Å². The molecule has 0 saturated carbocycles. The lowest BCUT2D eigenvalue weighted by Crippen LogP contribution is -2.63. The summed E-state index contributed by atoms with van der Waals surface area (Å²) in [4.78, 5) is 63.6. The smallest absolute Gasteiger partial charge is 0.326 e. The average Bonchev–Trinajstić information content (AvgIpc) is 2.76. The van der Waals surface area contributed by atoms with Gasteiger partial charge >= 0.3 is 5.97 Å². The zero-order valence-corrected chi connectivity index (χ0v) is 17.9. The van der Waals surface area contributed by atoms with Crippen molar-refractivity contribution in [1.29, 1.82) is 0 Å². The molecular weight excluding hydrogens is 416 g/mol. The van der Waals surface area contributed by atoms with Crippen LogP contribution in [0.4, 0.5) is 0 Å². The van der Waals surface area contributed by atoms with Crippen molar-refractivity contribution in [3.05, 3.63) is 48.6 Å². The highest BCUT2D eigenvalue weighted by Crippen LogP contribution is 2.18. The van der Waals surface area contributed by atoms with Crippen molar-refractivity contribution < 1.29 is 29.1 Å². The molecule has 4 N–H and O–H groups in total. The first-order valence-electron chi connectivity index (χ1n) is 10.2. The molecule has 1 heterocycles. The molecule has 1 aromatic carbocycles. The Labute approximate surface area is 186 Å². The number of hydrogen-bond donors (Lipinski definition) is 3. The molecular formula is C22H28N4O6. The number of aliphatic carboxylic acids is 1. The molecule has 1 aliphatic heterocycles. The third kappa shape index (κ3) is 6.16. The first-order chi connectivity index (χ1) is 15.1. The van der Waals surface area contributed by atoms with Gasteiger partial charge in [-0.2, -0.15) is 0 Å². The van der Waals surface area contributed by atoms with Crippen molar-refractivity contribution in [2.75, 3.05) is 13.1 Å². The predicted molar refractivity (Wildman–Crippen MR) is 115 cm³/mol. The van der Waals surface area contributed by atoms with E-state index in [4.69, 9.17) is 5.73 Å². The summed E-state index contributed by atoms with van der Waals surface area (Å²) in [5, 5.41) is 11.9. The first-order valence-corrected chi connectivity index (χ1v) is 10.2. The third-order valence-corrected chi connectivity index (χ3v) is 5.39. The maximum absolute atomic E-state index is 13.1. The van der Waals surface area contributed by atoms with Gasteiger partial charge in [0, 0.05) is 25.9 Å². The summed E-state index contributed by atoms with van der Waals surface area (Å²) >= 11 is 0. The van der Waals surface area contributed by atoms with E-state index in [1.807, 2.05) is 6.07 Å². The Bertz CT molecular complexity index is 888. The molecule has 32 heavy (non-hydrogen) atoms. The Balaban J connectivity index is 2.27. The van der Waals surface area contributed by atoms with E-state index in [1.165, 1.54) is 9.80 Å². The quantitative estimate of drug-likeness (QED) is 0.421. The average molecular weight is 444 g/mol. The number of hydrogen-bond acceptors (Lipinski definition) is 5. The fraction of sp³-hybridized carbons (Fsp3) is 0.409. The van der Waals surface area contributed by atoms with Crippen LogP contribution in [0.5, 0.6) is 0 Å². The number of benzene rings is 1. The summed E-state index contributed by atoms with van der Waals surface area (Å²) < 4.78 is 0. The second kappa shape index (κ2) is 11.1. The van der Waals surface area contributed by atoms with E-state index in [1.54, 1.807) is 31.2 Å². The summed E-state index contributed by atoms with van der Waals surface area (Å²) in [6.07, 6.45) is 0.909.